The van der Waals surface area contributed by atoms with Crippen molar-refractivity contribution in [3.8, 4) is 23.0 Å². The van der Waals surface area contributed by atoms with E-state index in [4.69, 9.17) is 23.5 Å². The number of methoxy groups -OCH3 is 2. The summed E-state index contributed by atoms with van der Waals surface area (Å²) in [5.74, 6) is 1.08. The smallest absolute Gasteiger partial charge is 0.270 e. The molecular formula is C22H22N4O7S. The molecule has 1 aliphatic heterocycles. The van der Waals surface area contributed by atoms with Crippen molar-refractivity contribution < 1.29 is 31.9 Å². The molecule has 11 nitrogen and oxygen atoms in total. The van der Waals surface area contributed by atoms with Gasteiger partial charge in [0.05, 0.1) is 34.0 Å². The van der Waals surface area contributed by atoms with Crippen molar-refractivity contribution >= 4 is 26.8 Å². The number of aromatic nitrogens is 3. The van der Waals surface area contributed by atoms with Gasteiger partial charge in [0, 0.05) is 24.4 Å². The normalized spacial score (nSPS) is 13.5. The molecule has 0 aliphatic carbocycles. The first-order valence-corrected chi connectivity index (χ1v) is 11.9. The van der Waals surface area contributed by atoms with Gasteiger partial charge in [-0.15, -0.1) is 0 Å². The summed E-state index contributed by atoms with van der Waals surface area (Å²) in [5.41, 5.74) is 1.11. The lowest BCUT2D eigenvalue weighted by molar-refractivity contribution is 0.296. The second-order valence-electron chi connectivity index (χ2n) is 7.45. The van der Waals surface area contributed by atoms with Gasteiger partial charge in [0.15, 0.2) is 27.8 Å². The number of sulfonamides is 1. The van der Waals surface area contributed by atoms with Gasteiger partial charge in [-0.05, 0) is 24.3 Å². The third-order valence-electron chi connectivity index (χ3n) is 5.30. The topological polar surface area (TPSA) is 127 Å². The molecule has 0 bridgehead atoms. The fourth-order valence-corrected chi connectivity index (χ4v) is 5.15. The Labute approximate surface area is 195 Å². The summed E-state index contributed by atoms with van der Waals surface area (Å²) in [6.07, 6.45) is 4.18. The van der Waals surface area contributed by atoms with E-state index >= 15 is 0 Å². The quantitative estimate of drug-likeness (QED) is 0.419. The zero-order valence-electron chi connectivity index (χ0n) is 18.5. The minimum absolute atomic E-state index is 0.0321. The Bertz CT molecular complexity index is 1410. The number of anilines is 1. The molecule has 178 valence electrons. The van der Waals surface area contributed by atoms with E-state index in [2.05, 4.69) is 15.0 Å². The molecule has 5 rings (SSSR count). The summed E-state index contributed by atoms with van der Waals surface area (Å²) < 4.78 is 59.0. The van der Waals surface area contributed by atoms with Crippen molar-refractivity contribution in [2.75, 3.05) is 32.2 Å². The number of benzene rings is 2. The summed E-state index contributed by atoms with van der Waals surface area (Å²) in [5, 5.41) is 8.59. The summed E-state index contributed by atoms with van der Waals surface area (Å²) in [4.78, 5) is -0.158. The monoisotopic (exact) mass is 486 g/mol. The Kier molecular flexibility index (Phi) is 5.65. The average molecular weight is 487 g/mol. The second kappa shape index (κ2) is 8.78. The first-order valence-electron chi connectivity index (χ1n) is 10.4. The zero-order chi connectivity index (χ0) is 23.7. The fraction of sp³-hybridized carbons (Fsp3) is 0.273. The van der Waals surface area contributed by atoms with Gasteiger partial charge in [0.25, 0.3) is 10.0 Å². The van der Waals surface area contributed by atoms with Gasteiger partial charge in [-0.3, -0.25) is 9.40 Å². The summed E-state index contributed by atoms with van der Waals surface area (Å²) in [6.45, 7) is 1.26. The van der Waals surface area contributed by atoms with Crippen LogP contribution in [0.3, 0.4) is 0 Å². The molecule has 3 heterocycles. The molecular weight excluding hydrogens is 464 g/mol. The van der Waals surface area contributed by atoms with Crippen LogP contribution in [-0.4, -0.2) is 50.8 Å². The van der Waals surface area contributed by atoms with Crippen molar-refractivity contribution in [3.05, 3.63) is 48.3 Å². The highest BCUT2D eigenvalue weighted by molar-refractivity contribution is 7.93. The molecule has 2 aromatic heterocycles. The SMILES string of the molecule is COc1cccc(OC)c1S(=O)(=O)Nc1noc2cc(Cn3cccn3)c3c(c12)OCCCO3. The van der Waals surface area contributed by atoms with Crippen LogP contribution < -0.4 is 23.7 Å². The van der Waals surface area contributed by atoms with Crippen LogP contribution in [-0.2, 0) is 16.6 Å². The molecule has 0 radical (unpaired) electrons. The van der Waals surface area contributed by atoms with Crippen LogP contribution in [0.4, 0.5) is 5.82 Å². The van der Waals surface area contributed by atoms with Crippen LogP contribution in [0, 0.1) is 0 Å². The molecule has 2 aromatic carbocycles. The standard InChI is InChI=1S/C22H22N4O7S/c1-29-15-6-3-7-16(30-2)21(15)34(27,28)25-22-18-17(33-24-22)12-14(13-26-9-4-8-23-26)19-20(18)32-11-5-10-31-19/h3-4,6-9,12H,5,10-11,13H2,1-2H3,(H,24,25). The highest BCUT2D eigenvalue weighted by Gasteiger charge is 2.30. The minimum Gasteiger partial charge on any atom is -0.495 e. The first kappa shape index (κ1) is 21.9. The van der Waals surface area contributed by atoms with E-state index in [-0.39, 0.29) is 22.2 Å². The van der Waals surface area contributed by atoms with Crippen LogP contribution in [0.15, 0.2) is 52.1 Å². The van der Waals surface area contributed by atoms with E-state index < -0.39 is 10.0 Å². The average Bonchev–Trinajstić information content (AvgIpc) is 3.41. The number of hydrogen-bond acceptors (Lipinski definition) is 9. The molecule has 0 atom stereocenters. The van der Waals surface area contributed by atoms with Crippen LogP contribution in [0.5, 0.6) is 23.0 Å². The predicted molar refractivity (Wildman–Crippen MR) is 121 cm³/mol. The van der Waals surface area contributed by atoms with Crippen LogP contribution in [0.2, 0.25) is 0 Å². The van der Waals surface area contributed by atoms with Gasteiger partial charge in [0.1, 0.15) is 16.9 Å². The number of hydrogen-bond donors (Lipinski definition) is 1. The van der Waals surface area contributed by atoms with E-state index in [0.717, 1.165) is 5.56 Å². The molecule has 12 heteroatoms. The lowest BCUT2D eigenvalue weighted by Gasteiger charge is -2.15. The van der Waals surface area contributed by atoms with E-state index in [9.17, 15) is 8.42 Å². The molecule has 0 saturated carbocycles. The highest BCUT2D eigenvalue weighted by Crippen LogP contribution is 2.45. The van der Waals surface area contributed by atoms with Crippen molar-refractivity contribution in [3.63, 3.8) is 0 Å². The Hall–Kier alpha value is -3.93. The van der Waals surface area contributed by atoms with Crippen LogP contribution in [0.25, 0.3) is 11.0 Å². The van der Waals surface area contributed by atoms with E-state index in [1.807, 2.05) is 12.3 Å². The Balaban J connectivity index is 1.62. The third-order valence-corrected chi connectivity index (χ3v) is 6.71. The lowest BCUT2D eigenvalue weighted by Crippen LogP contribution is -2.16. The maximum Gasteiger partial charge on any atom is 0.270 e. The molecule has 1 aliphatic rings. The van der Waals surface area contributed by atoms with Crippen molar-refractivity contribution in [1.82, 2.24) is 14.9 Å². The van der Waals surface area contributed by atoms with Crippen LogP contribution >= 0.6 is 0 Å². The van der Waals surface area contributed by atoms with E-state index in [1.54, 1.807) is 23.0 Å². The molecule has 34 heavy (non-hydrogen) atoms. The van der Waals surface area contributed by atoms with E-state index in [0.29, 0.717) is 48.6 Å². The Morgan fingerprint density at radius 2 is 1.82 bits per heavy atom. The van der Waals surface area contributed by atoms with Gasteiger partial charge in [-0.2, -0.15) is 5.10 Å². The predicted octanol–water partition coefficient (Wildman–Crippen LogP) is 3.05. The maximum absolute atomic E-state index is 13.4. The minimum atomic E-state index is -4.18. The number of fused-ring (bicyclic) bond motifs is 3. The van der Waals surface area contributed by atoms with Gasteiger partial charge >= 0.3 is 0 Å². The van der Waals surface area contributed by atoms with Gasteiger partial charge in [0.2, 0.25) is 0 Å². The molecule has 0 spiro atoms. The largest absolute Gasteiger partial charge is 0.495 e. The zero-order valence-corrected chi connectivity index (χ0v) is 19.3. The number of nitrogens with one attached hydrogen (secondary N) is 1. The number of nitrogens with zero attached hydrogens (tertiary/aromatic N) is 3. The van der Waals surface area contributed by atoms with Gasteiger partial charge < -0.3 is 23.5 Å². The van der Waals surface area contributed by atoms with E-state index in [1.165, 1.54) is 26.4 Å². The van der Waals surface area contributed by atoms with Gasteiger partial charge in [-0.1, -0.05) is 11.2 Å². The molecule has 1 N–H and O–H groups in total. The number of rotatable bonds is 7. The number of ether oxygens (including phenoxy) is 4. The molecule has 0 fully saturated rings. The Morgan fingerprint density at radius 1 is 1.09 bits per heavy atom. The van der Waals surface area contributed by atoms with Crippen molar-refractivity contribution in [1.29, 1.82) is 0 Å². The molecule has 0 amide bonds. The maximum atomic E-state index is 13.4. The summed E-state index contributed by atoms with van der Waals surface area (Å²) in [7, 11) is -1.42. The van der Waals surface area contributed by atoms with Crippen molar-refractivity contribution in [2.24, 2.45) is 0 Å². The molecule has 4 aromatic rings. The lowest BCUT2D eigenvalue weighted by atomic mass is 10.1. The van der Waals surface area contributed by atoms with Crippen molar-refractivity contribution in [2.45, 2.75) is 17.9 Å². The van der Waals surface area contributed by atoms with Gasteiger partial charge in [-0.25, -0.2) is 8.42 Å². The summed E-state index contributed by atoms with van der Waals surface area (Å²) in [6, 6.07) is 8.26. The summed E-state index contributed by atoms with van der Waals surface area (Å²) >= 11 is 0. The fourth-order valence-electron chi connectivity index (χ4n) is 3.82. The van der Waals surface area contributed by atoms with Crippen LogP contribution in [0.1, 0.15) is 12.0 Å². The second-order valence-corrected chi connectivity index (χ2v) is 9.07. The first-order chi connectivity index (χ1) is 16.5. The molecule has 0 saturated heterocycles. The Morgan fingerprint density at radius 3 is 2.50 bits per heavy atom. The third kappa shape index (κ3) is 3.85. The molecule has 0 unspecified atom stereocenters. The highest BCUT2D eigenvalue weighted by atomic mass is 32.2.